The molecule has 0 aromatic carbocycles. The molecule has 194 valence electrons. The average molecular weight is 482 g/mol. The van der Waals surface area contributed by atoms with E-state index >= 15 is 0 Å². The zero-order valence-corrected chi connectivity index (χ0v) is 21.2. The second kappa shape index (κ2) is 19.0. The SMILES string of the molecule is CCCCC(CCCCCCCCCCC(=O)N(C)CC(=O)OCC)OOC(=O)c1ccco1. The maximum Gasteiger partial charge on any atom is 0.407 e. The van der Waals surface area contributed by atoms with E-state index in [1.54, 1.807) is 26.1 Å². The first-order chi connectivity index (χ1) is 16.5. The van der Waals surface area contributed by atoms with Gasteiger partial charge in [-0.3, -0.25) is 14.5 Å². The number of furan rings is 1. The van der Waals surface area contributed by atoms with Crippen molar-refractivity contribution in [3.05, 3.63) is 24.2 Å². The molecule has 0 aliphatic rings. The zero-order valence-electron chi connectivity index (χ0n) is 21.2. The van der Waals surface area contributed by atoms with Crippen LogP contribution < -0.4 is 0 Å². The van der Waals surface area contributed by atoms with E-state index < -0.39 is 5.97 Å². The van der Waals surface area contributed by atoms with E-state index in [-0.39, 0.29) is 30.3 Å². The first-order valence-electron chi connectivity index (χ1n) is 12.8. The van der Waals surface area contributed by atoms with Gasteiger partial charge in [-0.25, -0.2) is 4.79 Å². The summed E-state index contributed by atoms with van der Waals surface area (Å²) in [4.78, 5) is 47.1. The van der Waals surface area contributed by atoms with E-state index in [9.17, 15) is 14.4 Å². The number of carbonyl (C=O) groups is 3. The third kappa shape index (κ3) is 14.0. The van der Waals surface area contributed by atoms with Crippen molar-refractivity contribution in [2.24, 2.45) is 0 Å². The molecule has 0 N–H and O–H groups in total. The lowest BCUT2D eigenvalue weighted by atomic mass is 10.0. The molecule has 0 radical (unpaired) electrons. The molecule has 0 fully saturated rings. The van der Waals surface area contributed by atoms with Gasteiger partial charge in [0.15, 0.2) is 0 Å². The highest BCUT2D eigenvalue weighted by atomic mass is 17.2. The van der Waals surface area contributed by atoms with Crippen LogP contribution in [-0.2, 0) is 24.1 Å². The maximum absolute atomic E-state index is 12.0. The molecular weight excluding hydrogens is 438 g/mol. The molecule has 8 heteroatoms. The smallest absolute Gasteiger partial charge is 0.407 e. The van der Waals surface area contributed by atoms with Gasteiger partial charge < -0.3 is 14.1 Å². The number of ether oxygens (including phenoxy) is 1. The molecular formula is C26H43NO7. The van der Waals surface area contributed by atoms with Crippen LogP contribution in [0.3, 0.4) is 0 Å². The minimum absolute atomic E-state index is 0.0114. The summed E-state index contributed by atoms with van der Waals surface area (Å²) < 4.78 is 9.89. The average Bonchev–Trinajstić information content (AvgIpc) is 3.36. The van der Waals surface area contributed by atoms with Crippen molar-refractivity contribution in [1.82, 2.24) is 4.90 Å². The largest absolute Gasteiger partial charge is 0.465 e. The van der Waals surface area contributed by atoms with Crippen LogP contribution in [-0.4, -0.2) is 49.0 Å². The highest BCUT2D eigenvalue weighted by Crippen LogP contribution is 2.17. The first kappa shape index (κ1) is 29.7. The monoisotopic (exact) mass is 481 g/mol. The molecule has 0 spiro atoms. The molecule has 1 atom stereocenters. The lowest BCUT2D eigenvalue weighted by molar-refractivity contribution is -0.278. The second-order valence-corrected chi connectivity index (χ2v) is 8.63. The summed E-state index contributed by atoms with van der Waals surface area (Å²) in [6.45, 7) is 4.23. The van der Waals surface area contributed by atoms with Gasteiger partial charge in [0.05, 0.1) is 12.9 Å². The molecule has 0 saturated heterocycles. The minimum atomic E-state index is -0.598. The van der Waals surface area contributed by atoms with Gasteiger partial charge in [0.1, 0.15) is 12.6 Å². The number of hydrogen-bond acceptors (Lipinski definition) is 7. The van der Waals surface area contributed by atoms with Gasteiger partial charge in [0.2, 0.25) is 11.7 Å². The Morgan fingerprint density at radius 1 is 0.941 bits per heavy atom. The number of likely N-dealkylation sites (N-methyl/N-ethyl adjacent to an activating group) is 1. The van der Waals surface area contributed by atoms with E-state index in [4.69, 9.17) is 18.9 Å². The van der Waals surface area contributed by atoms with Crippen LogP contribution in [0.4, 0.5) is 0 Å². The summed E-state index contributed by atoms with van der Waals surface area (Å²) in [5, 5.41) is 0. The van der Waals surface area contributed by atoms with Crippen molar-refractivity contribution in [3.8, 4) is 0 Å². The van der Waals surface area contributed by atoms with Crippen LogP contribution in [0.15, 0.2) is 22.8 Å². The summed E-state index contributed by atoms with van der Waals surface area (Å²) in [5.41, 5.74) is 0. The van der Waals surface area contributed by atoms with Gasteiger partial charge in [-0.2, -0.15) is 4.89 Å². The van der Waals surface area contributed by atoms with E-state index in [0.717, 1.165) is 70.6 Å². The molecule has 0 saturated carbocycles. The Kier molecular flexibility index (Phi) is 16.6. The van der Waals surface area contributed by atoms with E-state index in [1.165, 1.54) is 17.6 Å². The van der Waals surface area contributed by atoms with Crippen molar-refractivity contribution in [1.29, 1.82) is 0 Å². The Morgan fingerprint density at radius 3 is 2.21 bits per heavy atom. The third-order valence-electron chi connectivity index (χ3n) is 5.63. The van der Waals surface area contributed by atoms with Gasteiger partial charge in [-0.05, 0) is 38.3 Å². The van der Waals surface area contributed by atoms with Gasteiger partial charge >= 0.3 is 11.9 Å². The predicted molar refractivity (Wildman–Crippen MR) is 129 cm³/mol. The summed E-state index contributed by atoms with van der Waals surface area (Å²) >= 11 is 0. The van der Waals surface area contributed by atoms with Crippen LogP contribution in [0.2, 0.25) is 0 Å². The van der Waals surface area contributed by atoms with Gasteiger partial charge in [-0.1, -0.05) is 64.7 Å². The number of hydrogen-bond donors (Lipinski definition) is 0. The molecule has 0 aliphatic heterocycles. The van der Waals surface area contributed by atoms with Crippen molar-refractivity contribution < 1.29 is 33.3 Å². The fourth-order valence-corrected chi connectivity index (χ4v) is 3.61. The molecule has 34 heavy (non-hydrogen) atoms. The highest BCUT2D eigenvalue weighted by Gasteiger charge is 2.16. The fourth-order valence-electron chi connectivity index (χ4n) is 3.61. The van der Waals surface area contributed by atoms with Crippen LogP contribution in [0.25, 0.3) is 0 Å². The highest BCUT2D eigenvalue weighted by molar-refractivity contribution is 5.85. The molecule has 8 nitrogen and oxygen atoms in total. The number of nitrogens with zero attached hydrogens (tertiary/aromatic N) is 1. The Bertz CT molecular complexity index is 675. The Morgan fingerprint density at radius 2 is 1.59 bits per heavy atom. The third-order valence-corrected chi connectivity index (χ3v) is 5.63. The summed E-state index contributed by atoms with van der Waals surface area (Å²) in [5.74, 6) is -0.833. The molecule has 1 aromatic heterocycles. The number of rotatable bonds is 20. The maximum atomic E-state index is 12.0. The Balaban J connectivity index is 2.05. The first-order valence-corrected chi connectivity index (χ1v) is 12.8. The van der Waals surface area contributed by atoms with E-state index in [2.05, 4.69) is 6.92 Å². The summed E-state index contributed by atoms with van der Waals surface area (Å²) in [7, 11) is 1.64. The fraction of sp³-hybridized carbons (Fsp3) is 0.731. The van der Waals surface area contributed by atoms with Crippen LogP contribution >= 0.6 is 0 Å². The standard InChI is InChI=1S/C26H43NO7/c1-4-6-16-22(33-34-26(30)23-18-15-20-32-23)17-13-11-9-7-8-10-12-14-19-24(28)27(3)21-25(29)31-5-2/h15,18,20,22H,4-14,16-17,19,21H2,1-3H3. The number of carbonyl (C=O) groups excluding carboxylic acids is 3. The molecule has 0 aliphatic carbocycles. The van der Waals surface area contributed by atoms with Crippen LogP contribution in [0, 0.1) is 0 Å². The molecule has 1 heterocycles. The molecule has 1 rings (SSSR count). The van der Waals surface area contributed by atoms with E-state index in [0.29, 0.717) is 13.0 Å². The van der Waals surface area contributed by atoms with Crippen molar-refractivity contribution >= 4 is 17.8 Å². The van der Waals surface area contributed by atoms with Crippen molar-refractivity contribution in [2.75, 3.05) is 20.2 Å². The molecule has 1 aromatic rings. The lowest BCUT2D eigenvalue weighted by Crippen LogP contribution is -2.32. The van der Waals surface area contributed by atoms with Gasteiger partial charge in [0, 0.05) is 13.5 Å². The van der Waals surface area contributed by atoms with Crippen LogP contribution in [0.5, 0.6) is 0 Å². The van der Waals surface area contributed by atoms with Crippen molar-refractivity contribution in [2.45, 2.75) is 103 Å². The van der Waals surface area contributed by atoms with Gasteiger partial charge in [0.25, 0.3) is 0 Å². The quantitative estimate of drug-likeness (QED) is 0.0997. The molecule has 1 amide bonds. The van der Waals surface area contributed by atoms with Gasteiger partial charge in [-0.15, -0.1) is 0 Å². The number of amides is 1. The van der Waals surface area contributed by atoms with E-state index in [1.807, 2.05) is 0 Å². The van der Waals surface area contributed by atoms with Crippen molar-refractivity contribution in [3.63, 3.8) is 0 Å². The second-order valence-electron chi connectivity index (χ2n) is 8.63. The topological polar surface area (TPSA) is 95.3 Å². The minimum Gasteiger partial charge on any atom is -0.465 e. The molecule has 1 unspecified atom stereocenters. The van der Waals surface area contributed by atoms with Crippen LogP contribution in [0.1, 0.15) is 108 Å². The summed E-state index contributed by atoms with van der Waals surface area (Å²) in [6.07, 6.45) is 14.3. The predicted octanol–water partition coefficient (Wildman–Crippen LogP) is 5.85. The number of unbranched alkanes of at least 4 members (excludes halogenated alkanes) is 8. The summed E-state index contributed by atoms with van der Waals surface area (Å²) in [6, 6.07) is 3.19. The molecule has 0 bridgehead atoms. The zero-order chi connectivity index (χ0) is 25.0. The normalized spacial score (nSPS) is 11.7. The lowest BCUT2D eigenvalue weighted by Gasteiger charge is -2.16. The number of esters is 1. The Labute approximate surface area is 204 Å². The Hall–Kier alpha value is -2.35.